The smallest absolute Gasteiger partial charge is 0.295 e. The van der Waals surface area contributed by atoms with Gasteiger partial charge >= 0.3 is 0 Å². The molecule has 1 saturated heterocycles. The summed E-state index contributed by atoms with van der Waals surface area (Å²) in [7, 11) is 1.48. The third-order valence-corrected chi connectivity index (χ3v) is 5.61. The van der Waals surface area contributed by atoms with Crippen LogP contribution in [0.1, 0.15) is 24.1 Å². The molecule has 2 aromatic rings. The first-order valence-electron chi connectivity index (χ1n) is 9.48. The molecule has 1 heterocycles. The van der Waals surface area contributed by atoms with Gasteiger partial charge in [0.05, 0.1) is 34.9 Å². The molecule has 2 aromatic carbocycles. The number of halogens is 2. The number of carbonyl (C=O) groups is 2. The van der Waals surface area contributed by atoms with Crippen LogP contribution in [0.25, 0.3) is 5.76 Å². The molecular weight excluding hydrogens is 445 g/mol. The highest BCUT2D eigenvalue weighted by molar-refractivity contribution is 6.46. The van der Waals surface area contributed by atoms with Crippen molar-refractivity contribution >= 4 is 40.7 Å². The molecule has 2 N–H and O–H groups in total. The van der Waals surface area contributed by atoms with Gasteiger partial charge in [-0.1, -0.05) is 29.3 Å². The molecule has 0 bridgehead atoms. The van der Waals surface area contributed by atoms with Crippen molar-refractivity contribution in [2.75, 3.05) is 26.9 Å². The number of Topliss-reactive ketones (excluding diaryl/α,β-unsaturated/α-hetero) is 1. The number of aromatic hydroxyl groups is 1. The molecule has 9 heteroatoms. The summed E-state index contributed by atoms with van der Waals surface area (Å²) in [5.41, 5.74) is 0.624. The first-order chi connectivity index (χ1) is 14.8. The Bertz CT molecular complexity index is 1050. The molecule has 3 rings (SSSR count). The molecule has 0 aliphatic carbocycles. The standard InChI is InChI=1S/C22H21Cl2NO6/c1-3-31-17-11-12(5-7-16(17)26)19-18(21(28)22(29)25(19)8-9-30-2)20(27)13-4-6-14(23)15(24)10-13/h4-7,10-11,19,26-27H,3,8-9H2,1-2H3/b20-18-. The predicted octanol–water partition coefficient (Wildman–Crippen LogP) is 4.17. The molecule has 0 spiro atoms. The molecule has 1 atom stereocenters. The van der Waals surface area contributed by atoms with Crippen LogP contribution in [0.4, 0.5) is 0 Å². The number of hydrogen-bond acceptors (Lipinski definition) is 6. The minimum Gasteiger partial charge on any atom is -0.507 e. The third-order valence-electron chi connectivity index (χ3n) is 4.87. The van der Waals surface area contributed by atoms with Crippen LogP contribution in [0.15, 0.2) is 42.0 Å². The number of phenols is 1. The van der Waals surface area contributed by atoms with Crippen LogP contribution >= 0.6 is 23.2 Å². The number of benzene rings is 2. The predicted molar refractivity (Wildman–Crippen MR) is 117 cm³/mol. The quantitative estimate of drug-likeness (QED) is 0.361. The van der Waals surface area contributed by atoms with Gasteiger partial charge in [-0.05, 0) is 42.8 Å². The Kier molecular flexibility index (Phi) is 7.10. The van der Waals surface area contributed by atoms with Crippen molar-refractivity contribution in [1.29, 1.82) is 0 Å². The molecule has 1 unspecified atom stereocenters. The molecule has 0 radical (unpaired) electrons. The maximum atomic E-state index is 12.9. The molecule has 0 aromatic heterocycles. The minimum absolute atomic E-state index is 0.0797. The minimum atomic E-state index is -0.913. The largest absolute Gasteiger partial charge is 0.507 e. The highest BCUT2D eigenvalue weighted by Gasteiger charge is 2.46. The highest BCUT2D eigenvalue weighted by Crippen LogP contribution is 2.42. The molecule has 1 aliphatic heterocycles. The average Bonchev–Trinajstić information content (AvgIpc) is 3.00. The van der Waals surface area contributed by atoms with Crippen molar-refractivity contribution in [2.45, 2.75) is 13.0 Å². The fraction of sp³-hybridized carbons (Fsp3) is 0.273. The summed E-state index contributed by atoms with van der Waals surface area (Å²) < 4.78 is 10.5. The number of amides is 1. The first-order valence-corrected chi connectivity index (χ1v) is 10.2. The molecule has 164 valence electrons. The van der Waals surface area contributed by atoms with Crippen LogP contribution < -0.4 is 4.74 Å². The van der Waals surface area contributed by atoms with Crippen molar-refractivity contribution in [3.63, 3.8) is 0 Å². The van der Waals surface area contributed by atoms with Gasteiger partial charge in [-0.25, -0.2) is 0 Å². The summed E-state index contributed by atoms with van der Waals surface area (Å²) in [5.74, 6) is -1.87. The van der Waals surface area contributed by atoms with Gasteiger partial charge in [0, 0.05) is 19.2 Å². The van der Waals surface area contributed by atoms with Crippen LogP contribution in [-0.2, 0) is 14.3 Å². The van der Waals surface area contributed by atoms with Crippen molar-refractivity contribution in [3.05, 3.63) is 63.1 Å². The molecule has 31 heavy (non-hydrogen) atoms. The Balaban J connectivity index is 2.19. The van der Waals surface area contributed by atoms with Gasteiger partial charge in [-0.3, -0.25) is 9.59 Å². The number of carbonyl (C=O) groups excluding carboxylic acids is 2. The van der Waals surface area contributed by atoms with Crippen molar-refractivity contribution < 1.29 is 29.3 Å². The Labute approximate surface area is 189 Å². The van der Waals surface area contributed by atoms with Gasteiger partial charge in [-0.15, -0.1) is 0 Å². The zero-order valence-corrected chi connectivity index (χ0v) is 18.4. The number of ketones is 1. The Morgan fingerprint density at radius 2 is 1.87 bits per heavy atom. The van der Waals surface area contributed by atoms with E-state index >= 15 is 0 Å². The summed E-state index contributed by atoms with van der Waals surface area (Å²) in [6.07, 6.45) is 0. The van der Waals surface area contributed by atoms with Crippen LogP contribution in [0.5, 0.6) is 11.5 Å². The summed E-state index contributed by atoms with van der Waals surface area (Å²) >= 11 is 12.0. The van der Waals surface area contributed by atoms with E-state index in [4.69, 9.17) is 32.7 Å². The number of likely N-dealkylation sites (tertiary alicyclic amines) is 1. The molecule has 1 fully saturated rings. The number of aliphatic hydroxyl groups is 1. The normalized spacial score (nSPS) is 17.9. The lowest BCUT2D eigenvalue weighted by molar-refractivity contribution is -0.140. The zero-order chi connectivity index (χ0) is 22.7. The first kappa shape index (κ1) is 22.9. The summed E-state index contributed by atoms with van der Waals surface area (Å²) in [6.45, 7) is 2.38. The Hall–Kier alpha value is -2.74. The lowest BCUT2D eigenvalue weighted by atomic mass is 9.95. The van der Waals surface area contributed by atoms with E-state index in [1.807, 2.05) is 0 Å². The van der Waals surface area contributed by atoms with Gasteiger partial charge in [0.1, 0.15) is 5.76 Å². The Morgan fingerprint density at radius 3 is 2.52 bits per heavy atom. The number of aliphatic hydroxyl groups excluding tert-OH is 1. The van der Waals surface area contributed by atoms with E-state index in [0.29, 0.717) is 12.2 Å². The molecule has 7 nitrogen and oxygen atoms in total. The van der Waals surface area contributed by atoms with Crippen molar-refractivity contribution in [3.8, 4) is 11.5 Å². The number of phenolic OH excluding ortho intramolecular Hbond substituents is 1. The van der Waals surface area contributed by atoms with Crippen molar-refractivity contribution in [1.82, 2.24) is 4.90 Å². The lowest BCUT2D eigenvalue weighted by Gasteiger charge is -2.25. The van der Waals surface area contributed by atoms with Gasteiger partial charge in [0.25, 0.3) is 11.7 Å². The number of rotatable bonds is 7. The van der Waals surface area contributed by atoms with E-state index < -0.39 is 17.7 Å². The second-order valence-electron chi connectivity index (χ2n) is 6.77. The molecule has 1 amide bonds. The molecular formula is C22H21Cl2NO6. The van der Waals surface area contributed by atoms with E-state index in [1.165, 1.54) is 42.3 Å². The topological polar surface area (TPSA) is 96.3 Å². The van der Waals surface area contributed by atoms with Gasteiger partial charge in [-0.2, -0.15) is 0 Å². The maximum Gasteiger partial charge on any atom is 0.295 e. The Morgan fingerprint density at radius 1 is 1.13 bits per heavy atom. The number of ether oxygens (including phenoxy) is 2. The molecule has 0 saturated carbocycles. The maximum absolute atomic E-state index is 12.9. The van der Waals surface area contributed by atoms with Gasteiger partial charge in [0.2, 0.25) is 0 Å². The van der Waals surface area contributed by atoms with E-state index in [0.717, 1.165) is 0 Å². The zero-order valence-electron chi connectivity index (χ0n) is 16.9. The van der Waals surface area contributed by atoms with Crippen LogP contribution in [-0.4, -0.2) is 53.7 Å². The lowest BCUT2D eigenvalue weighted by Crippen LogP contribution is -2.32. The average molecular weight is 466 g/mol. The fourth-order valence-corrected chi connectivity index (χ4v) is 3.72. The third kappa shape index (κ3) is 4.49. The molecule has 1 aliphatic rings. The van der Waals surface area contributed by atoms with Gasteiger partial charge in [0.15, 0.2) is 11.5 Å². The SMILES string of the molecule is CCOc1cc(C2/C(=C(/O)c3ccc(Cl)c(Cl)c3)C(=O)C(=O)N2CCOC)ccc1O. The van der Waals surface area contributed by atoms with E-state index in [2.05, 4.69) is 0 Å². The second kappa shape index (κ2) is 9.60. The van der Waals surface area contributed by atoms with Crippen LogP contribution in [0.2, 0.25) is 10.0 Å². The van der Waals surface area contributed by atoms with Gasteiger partial charge < -0.3 is 24.6 Å². The summed E-state index contributed by atoms with van der Waals surface area (Å²) in [6, 6.07) is 8.02. The van der Waals surface area contributed by atoms with Crippen molar-refractivity contribution in [2.24, 2.45) is 0 Å². The van der Waals surface area contributed by atoms with Crippen LogP contribution in [0.3, 0.4) is 0 Å². The van der Waals surface area contributed by atoms with E-state index in [9.17, 15) is 19.8 Å². The number of hydrogen-bond donors (Lipinski definition) is 2. The number of methoxy groups -OCH3 is 1. The number of nitrogens with zero attached hydrogens (tertiary/aromatic N) is 1. The monoisotopic (exact) mass is 465 g/mol. The summed E-state index contributed by atoms with van der Waals surface area (Å²) in [4.78, 5) is 27.0. The van der Waals surface area contributed by atoms with E-state index in [-0.39, 0.29) is 51.6 Å². The van der Waals surface area contributed by atoms with Crippen LogP contribution in [0, 0.1) is 0 Å². The van der Waals surface area contributed by atoms with E-state index in [1.54, 1.807) is 13.0 Å². The second-order valence-corrected chi connectivity index (χ2v) is 7.59. The highest BCUT2D eigenvalue weighted by atomic mass is 35.5. The summed E-state index contributed by atoms with van der Waals surface area (Å²) in [5, 5.41) is 21.5. The fourth-order valence-electron chi connectivity index (χ4n) is 3.42.